The quantitative estimate of drug-likeness (QED) is 0.744. The number of amidine groups is 1. The minimum absolute atomic E-state index is 0.0555. The Morgan fingerprint density at radius 3 is 2.53 bits per heavy atom. The second-order valence-corrected chi connectivity index (χ2v) is 11.9. The van der Waals surface area contributed by atoms with Gasteiger partial charge in [-0.1, -0.05) is 41.6 Å². The molecule has 0 aliphatic carbocycles. The highest BCUT2D eigenvalue weighted by Gasteiger charge is 2.48. The highest BCUT2D eigenvalue weighted by Crippen LogP contribution is 2.39. The first-order valence-electron chi connectivity index (χ1n) is 9.69. The van der Waals surface area contributed by atoms with Crippen LogP contribution < -0.4 is 5.32 Å². The summed E-state index contributed by atoms with van der Waals surface area (Å²) in [6.07, 6.45) is -0.686. The van der Waals surface area contributed by atoms with Crippen LogP contribution in [0.3, 0.4) is 0 Å². The van der Waals surface area contributed by atoms with Crippen LogP contribution in [0.5, 0.6) is 0 Å². The largest absolute Gasteiger partial charge is 0.444 e. The van der Waals surface area contributed by atoms with Crippen molar-refractivity contribution in [1.82, 2.24) is 10.2 Å². The monoisotopic (exact) mass is 453 g/mol. The van der Waals surface area contributed by atoms with Gasteiger partial charge in [-0.25, -0.2) is 13.2 Å². The predicted octanol–water partition coefficient (Wildman–Crippen LogP) is 2.12. The molecule has 0 unspecified atom stereocenters. The first-order valence-corrected chi connectivity index (χ1v) is 12.4. The molecular formula is C20H27N3O5S2. The number of nitrogens with one attached hydrogen (secondary N) is 1. The van der Waals surface area contributed by atoms with Gasteiger partial charge in [-0.2, -0.15) is 4.99 Å². The molecule has 2 aliphatic rings. The summed E-state index contributed by atoms with van der Waals surface area (Å²) in [6.45, 7) is 7.39. The molecule has 2 heterocycles. The van der Waals surface area contributed by atoms with Gasteiger partial charge in [-0.3, -0.25) is 4.79 Å². The van der Waals surface area contributed by atoms with Gasteiger partial charge in [0.1, 0.15) is 12.1 Å². The SMILES string of the molecule is Cc1ccc(CN2C(=NC(=O)CNC(=O)OC(C)(C)C)S[C@@H]3CS(=O)(=O)C[C@H]32)cc1. The third-order valence-electron chi connectivity index (χ3n) is 4.65. The zero-order valence-electron chi connectivity index (χ0n) is 17.5. The van der Waals surface area contributed by atoms with Gasteiger partial charge < -0.3 is 15.0 Å². The van der Waals surface area contributed by atoms with Crippen molar-refractivity contribution in [3.05, 3.63) is 35.4 Å². The Balaban J connectivity index is 1.72. The molecule has 3 rings (SSSR count). The maximum Gasteiger partial charge on any atom is 0.408 e. The summed E-state index contributed by atoms with van der Waals surface area (Å²) in [7, 11) is -3.10. The van der Waals surface area contributed by atoms with E-state index < -0.39 is 27.4 Å². The highest BCUT2D eigenvalue weighted by atomic mass is 32.2. The maximum absolute atomic E-state index is 12.3. The summed E-state index contributed by atoms with van der Waals surface area (Å²) in [5.41, 5.74) is 1.49. The van der Waals surface area contributed by atoms with E-state index in [1.165, 1.54) is 11.8 Å². The van der Waals surface area contributed by atoms with E-state index in [1.807, 2.05) is 36.1 Å². The van der Waals surface area contributed by atoms with Crippen molar-refractivity contribution >= 4 is 38.8 Å². The number of sulfone groups is 1. The van der Waals surface area contributed by atoms with Gasteiger partial charge in [-0.15, -0.1) is 0 Å². The van der Waals surface area contributed by atoms with Crippen molar-refractivity contribution in [3.63, 3.8) is 0 Å². The fourth-order valence-corrected chi connectivity index (χ4v) is 7.29. The van der Waals surface area contributed by atoms with Gasteiger partial charge >= 0.3 is 6.09 Å². The maximum atomic E-state index is 12.3. The summed E-state index contributed by atoms with van der Waals surface area (Å²) in [4.78, 5) is 30.2. The molecule has 2 aliphatic heterocycles. The Morgan fingerprint density at radius 2 is 1.90 bits per heavy atom. The number of thioether (sulfide) groups is 1. The molecule has 10 heteroatoms. The van der Waals surface area contributed by atoms with Crippen molar-refractivity contribution in [1.29, 1.82) is 0 Å². The van der Waals surface area contributed by atoms with Crippen molar-refractivity contribution in [2.45, 2.75) is 51.1 Å². The summed E-state index contributed by atoms with van der Waals surface area (Å²) >= 11 is 1.32. The van der Waals surface area contributed by atoms with Crippen LogP contribution in [-0.2, 0) is 25.9 Å². The van der Waals surface area contributed by atoms with Crippen LogP contribution in [0.4, 0.5) is 4.79 Å². The molecule has 30 heavy (non-hydrogen) atoms. The second-order valence-electron chi connectivity index (χ2n) is 8.56. The average molecular weight is 454 g/mol. The van der Waals surface area contributed by atoms with Crippen molar-refractivity contribution < 1.29 is 22.7 Å². The number of aliphatic imine (C=N–C) groups is 1. The number of ether oxygens (including phenoxy) is 1. The van der Waals surface area contributed by atoms with E-state index in [1.54, 1.807) is 20.8 Å². The smallest absolute Gasteiger partial charge is 0.408 e. The minimum atomic E-state index is -3.10. The van der Waals surface area contributed by atoms with Crippen LogP contribution in [0.1, 0.15) is 31.9 Å². The molecule has 1 aromatic rings. The Kier molecular flexibility index (Phi) is 6.47. The van der Waals surface area contributed by atoms with Crippen LogP contribution in [-0.4, -0.2) is 65.4 Å². The van der Waals surface area contributed by atoms with Gasteiger partial charge in [0, 0.05) is 11.8 Å². The van der Waals surface area contributed by atoms with Crippen LogP contribution >= 0.6 is 11.8 Å². The molecule has 2 atom stereocenters. The van der Waals surface area contributed by atoms with Crippen LogP contribution in [0, 0.1) is 6.92 Å². The van der Waals surface area contributed by atoms with Gasteiger partial charge in [0.25, 0.3) is 5.91 Å². The number of benzene rings is 1. The lowest BCUT2D eigenvalue weighted by atomic mass is 10.1. The van der Waals surface area contributed by atoms with Crippen molar-refractivity contribution in [3.8, 4) is 0 Å². The molecule has 0 radical (unpaired) electrons. The Labute approximate surface area is 181 Å². The Bertz CT molecular complexity index is 952. The number of carbonyl (C=O) groups is 2. The first-order chi connectivity index (χ1) is 13.9. The Hall–Kier alpha value is -2.07. The molecule has 8 nitrogen and oxygen atoms in total. The van der Waals surface area contributed by atoms with Gasteiger partial charge in [0.05, 0.1) is 17.5 Å². The van der Waals surface area contributed by atoms with E-state index >= 15 is 0 Å². The summed E-state index contributed by atoms with van der Waals surface area (Å²) in [6, 6.07) is 7.75. The zero-order chi connectivity index (χ0) is 22.1. The normalized spacial score (nSPS) is 24.0. The topological polar surface area (TPSA) is 105 Å². The van der Waals surface area contributed by atoms with Crippen LogP contribution in [0.15, 0.2) is 29.3 Å². The Morgan fingerprint density at radius 1 is 1.23 bits per heavy atom. The number of amides is 2. The number of alkyl carbamates (subject to hydrolysis) is 1. The summed E-state index contributed by atoms with van der Waals surface area (Å²) in [5, 5.41) is 2.76. The minimum Gasteiger partial charge on any atom is -0.444 e. The number of fused-ring (bicyclic) bond motifs is 1. The van der Waals surface area contributed by atoms with Crippen molar-refractivity contribution in [2.24, 2.45) is 4.99 Å². The fraction of sp³-hybridized carbons (Fsp3) is 0.550. The molecule has 164 valence electrons. The van der Waals surface area contributed by atoms with E-state index in [0.29, 0.717) is 11.7 Å². The first kappa shape index (κ1) is 22.6. The van der Waals surface area contributed by atoms with E-state index in [2.05, 4.69) is 10.3 Å². The average Bonchev–Trinajstić information content (AvgIpc) is 3.06. The molecule has 0 aromatic heterocycles. The molecule has 1 aromatic carbocycles. The fourth-order valence-electron chi connectivity index (χ4n) is 3.32. The summed E-state index contributed by atoms with van der Waals surface area (Å²) < 4.78 is 29.3. The van der Waals surface area contributed by atoms with Gasteiger partial charge in [0.15, 0.2) is 15.0 Å². The highest BCUT2D eigenvalue weighted by molar-refractivity contribution is 8.15. The standard InChI is InChI=1S/C20H27N3O5S2/c1-13-5-7-14(8-6-13)10-23-15-11-30(26,27)12-16(15)29-18(23)22-17(24)9-21-19(25)28-20(2,3)4/h5-8,15-16H,9-12H2,1-4H3,(H,21,25)/t15-,16-/m1/s1. The predicted molar refractivity (Wildman–Crippen MR) is 117 cm³/mol. The molecule has 0 spiro atoms. The molecule has 2 amide bonds. The van der Waals surface area contributed by atoms with Crippen molar-refractivity contribution in [2.75, 3.05) is 18.1 Å². The number of nitrogens with zero attached hydrogens (tertiary/aromatic N) is 2. The third-order valence-corrected chi connectivity index (χ3v) is 7.90. The van der Waals surface area contributed by atoms with Gasteiger partial charge in [0.2, 0.25) is 0 Å². The van der Waals surface area contributed by atoms with E-state index in [4.69, 9.17) is 4.74 Å². The number of hydrogen-bond acceptors (Lipinski definition) is 6. The second kappa shape index (κ2) is 8.58. The van der Waals surface area contributed by atoms with E-state index in [-0.39, 0.29) is 29.3 Å². The number of rotatable bonds is 4. The lowest BCUT2D eigenvalue weighted by Crippen LogP contribution is -2.38. The zero-order valence-corrected chi connectivity index (χ0v) is 19.2. The molecule has 0 saturated carbocycles. The molecular weight excluding hydrogens is 426 g/mol. The van der Waals surface area contributed by atoms with Crippen LogP contribution in [0.25, 0.3) is 0 Å². The lowest BCUT2D eigenvalue weighted by molar-refractivity contribution is -0.117. The van der Waals surface area contributed by atoms with E-state index in [0.717, 1.165) is 11.1 Å². The molecule has 1 N–H and O–H groups in total. The number of carbonyl (C=O) groups excluding carboxylic acids is 2. The lowest BCUT2D eigenvalue weighted by Gasteiger charge is -2.24. The molecule has 2 fully saturated rings. The molecule has 2 saturated heterocycles. The number of hydrogen-bond donors (Lipinski definition) is 1. The molecule has 0 bridgehead atoms. The van der Waals surface area contributed by atoms with E-state index in [9.17, 15) is 18.0 Å². The number of aryl methyl sites for hydroxylation is 1. The van der Waals surface area contributed by atoms with Gasteiger partial charge in [-0.05, 0) is 33.3 Å². The summed E-state index contributed by atoms with van der Waals surface area (Å²) in [5.74, 6) is -0.379. The van der Waals surface area contributed by atoms with Crippen LogP contribution in [0.2, 0.25) is 0 Å². The third kappa shape index (κ3) is 5.98.